The Kier molecular flexibility index (Phi) is 5.35. The molecule has 0 saturated heterocycles. The molecule has 5 nitrogen and oxygen atoms in total. The number of aryl methyl sites for hydroxylation is 2. The smallest absolute Gasteiger partial charge is 0.348 e. The number of ether oxygens (including phenoxy) is 1. The molecule has 1 amide bonds. The van der Waals surface area contributed by atoms with E-state index >= 15 is 0 Å². The summed E-state index contributed by atoms with van der Waals surface area (Å²) >= 11 is 1.50. The Morgan fingerprint density at radius 2 is 2.17 bits per heavy atom. The lowest BCUT2D eigenvalue weighted by molar-refractivity contribution is -0.125. The van der Waals surface area contributed by atoms with Crippen LogP contribution in [0.2, 0.25) is 0 Å². The van der Waals surface area contributed by atoms with Crippen LogP contribution < -0.4 is 5.32 Å². The summed E-state index contributed by atoms with van der Waals surface area (Å²) in [7, 11) is 0. The van der Waals surface area contributed by atoms with E-state index in [2.05, 4.69) is 5.32 Å². The summed E-state index contributed by atoms with van der Waals surface area (Å²) in [5.74, 6) is -0.101. The highest BCUT2D eigenvalue weighted by Gasteiger charge is 2.19. The van der Waals surface area contributed by atoms with Crippen LogP contribution in [0.3, 0.4) is 0 Å². The van der Waals surface area contributed by atoms with Gasteiger partial charge in [-0.2, -0.15) is 0 Å². The van der Waals surface area contributed by atoms with Gasteiger partial charge in [0, 0.05) is 4.88 Å². The molecule has 2 aromatic rings. The van der Waals surface area contributed by atoms with Gasteiger partial charge in [0.25, 0.3) is 5.91 Å². The minimum atomic E-state index is -0.422. The number of fused-ring (bicyclic) bond motifs is 1. The van der Waals surface area contributed by atoms with Gasteiger partial charge < -0.3 is 14.5 Å². The molecule has 3 rings (SSSR count). The van der Waals surface area contributed by atoms with E-state index in [0.717, 1.165) is 12.8 Å². The van der Waals surface area contributed by atoms with Crippen LogP contribution in [0, 0.1) is 0 Å². The van der Waals surface area contributed by atoms with Crippen molar-refractivity contribution >= 4 is 23.2 Å². The van der Waals surface area contributed by atoms with Crippen LogP contribution in [0.25, 0.3) is 0 Å². The van der Waals surface area contributed by atoms with Gasteiger partial charge in [0.05, 0.1) is 12.3 Å². The fourth-order valence-corrected chi connectivity index (χ4v) is 4.01. The van der Waals surface area contributed by atoms with E-state index in [1.165, 1.54) is 41.0 Å². The quantitative estimate of drug-likeness (QED) is 0.662. The predicted octanol–water partition coefficient (Wildman–Crippen LogP) is 3.64. The van der Waals surface area contributed by atoms with E-state index in [-0.39, 0.29) is 18.6 Å². The van der Waals surface area contributed by atoms with Crippen molar-refractivity contribution in [2.24, 2.45) is 0 Å². The Hall–Kier alpha value is -2.08. The van der Waals surface area contributed by atoms with Gasteiger partial charge in [-0.15, -0.1) is 11.3 Å². The highest BCUT2D eigenvalue weighted by Crippen LogP contribution is 2.29. The van der Waals surface area contributed by atoms with Gasteiger partial charge in [0.1, 0.15) is 10.6 Å². The Labute approximate surface area is 145 Å². The molecule has 0 saturated carbocycles. The largest absolute Gasteiger partial charge is 0.467 e. The molecule has 6 heteroatoms. The van der Waals surface area contributed by atoms with Gasteiger partial charge in [-0.05, 0) is 56.4 Å². The molecule has 0 aliphatic heterocycles. The van der Waals surface area contributed by atoms with Crippen molar-refractivity contribution < 1.29 is 18.7 Å². The van der Waals surface area contributed by atoms with E-state index in [9.17, 15) is 9.59 Å². The number of thiophene rings is 1. The molecule has 24 heavy (non-hydrogen) atoms. The number of hydrogen-bond donors (Lipinski definition) is 1. The summed E-state index contributed by atoms with van der Waals surface area (Å²) in [6, 6.07) is 5.22. The molecule has 128 valence electrons. The first-order valence-electron chi connectivity index (χ1n) is 8.25. The molecule has 0 aromatic carbocycles. The molecule has 1 atom stereocenters. The maximum Gasteiger partial charge on any atom is 0.348 e. The summed E-state index contributed by atoms with van der Waals surface area (Å²) in [6.07, 6.45) is 7.21. The molecule has 1 aliphatic rings. The van der Waals surface area contributed by atoms with Crippen LogP contribution in [0.15, 0.2) is 28.9 Å². The summed E-state index contributed by atoms with van der Waals surface area (Å²) < 4.78 is 10.4. The van der Waals surface area contributed by atoms with Crippen molar-refractivity contribution in [2.45, 2.75) is 45.1 Å². The number of rotatable bonds is 5. The summed E-state index contributed by atoms with van der Waals surface area (Å²) in [4.78, 5) is 25.9. The first-order chi connectivity index (χ1) is 11.6. The molecule has 1 aliphatic carbocycles. The number of esters is 1. The second-order valence-electron chi connectivity index (χ2n) is 6.00. The minimum absolute atomic E-state index is 0.260. The van der Waals surface area contributed by atoms with Crippen LogP contribution in [0.1, 0.15) is 58.1 Å². The molecule has 2 heterocycles. The van der Waals surface area contributed by atoms with E-state index in [1.54, 1.807) is 18.4 Å². The normalized spacial score (nSPS) is 15.2. The van der Waals surface area contributed by atoms with Crippen LogP contribution in [0.5, 0.6) is 0 Å². The molecule has 2 aromatic heterocycles. The fourth-order valence-electron chi connectivity index (χ4n) is 2.86. The Morgan fingerprint density at radius 3 is 2.96 bits per heavy atom. The lowest BCUT2D eigenvalue weighted by Crippen LogP contribution is -2.30. The maximum atomic E-state index is 12.2. The second-order valence-corrected chi connectivity index (χ2v) is 7.14. The first-order valence-corrected chi connectivity index (χ1v) is 9.06. The molecular formula is C18H21NO4S. The van der Waals surface area contributed by atoms with Crippen LogP contribution in [0.4, 0.5) is 0 Å². The predicted molar refractivity (Wildman–Crippen MR) is 91.1 cm³/mol. The van der Waals surface area contributed by atoms with Crippen molar-refractivity contribution in [1.82, 2.24) is 5.32 Å². The zero-order chi connectivity index (χ0) is 16.9. The van der Waals surface area contributed by atoms with Crippen LogP contribution in [-0.4, -0.2) is 18.5 Å². The number of hydrogen-bond acceptors (Lipinski definition) is 5. The van der Waals surface area contributed by atoms with Gasteiger partial charge in [0.15, 0.2) is 6.61 Å². The lowest BCUT2D eigenvalue weighted by atomic mass is 10.1. The molecular weight excluding hydrogens is 326 g/mol. The highest BCUT2D eigenvalue weighted by atomic mass is 32.1. The number of carbonyl (C=O) groups excluding carboxylic acids is 2. The van der Waals surface area contributed by atoms with E-state index in [4.69, 9.17) is 9.15 Å². The minimum Gasteiger partial charge on any atom is -0.467 e. The molecule has 1 N–H and O–H groups in total. The Balaban J connectivity index is 1.51. The fraction of sp³-hybridized carbons (Fsp3) is 0.444. The van der Waals surface area contributed by atoms with Crippen molar-refractivity contribution in [3.63, 3.8) is 0 Å². The number of carbonyl (C=O) groups is 2. The molecule has 0 spiro atoms. The third-order valence-corrected chi connectivity index (χ3v) is 5.35. The maximum absolute atomic E-state index is 12.2. The third-order valence-electron chi connectivity index (χ3n) is 4.13. The zero-order valence-corrected chi connectivity index (χ0v) is 14.5. The Bertz CT molecular complexity index is 681. The molecule has 0 unspecified atom stereocenters. The second kappa shape index (κ2) is 7.66. The van der Waals surface area contributed by atoms with Crippen LogP contribution in [-0.2, 0) is 22.4 Å². The topological polar surface area (TPSA) is 68.5 Å². The molecule has 0 bridgehead atoms. The van der Waals surface area contributed by atoms with Crippen molar-refractivity contribution in [1.29, 1.82) is 0 Å². The average molecular weight is 347 g/mol. The SMILES string of the molecule is C[C@@H](NC(=O)COC(=O)c1cc2c(s1)CCCCC2)c1ccco1. The first kappa shape index (κ1) is 16.8. The third kappa shape index (κ3) is 4.06. The van der Waals surface area contributed by atoms with Crippen molar-refractivity contribution in [3.05, 3.63) is 45.5 Å². The molecule has 0 fully saturated rings. The lowest BCUT2D eigenvalue weighted by Gasteiger charge is -2.11. The van der Waals surface area contributed by atoms with Gasteiger partial charge in [-0.1, -0.05) is 6.42 Å². The monoisotopic (exact) mass is 347 g/mol. The molecule has 0 radical (unpaired) electrons. The standard InChI is InChI=1S/C18H21NO4S/c1-12(14-7-5-9-22-14)19-17(20)11-23-18(21)16-10-13-6-3-2-4-8-15(13)24-16/h5,7,9-10,12H,2-4,6,8,11H2,1H3,(H,19,20)/t12-/m1/s1. The van der Waals surface area contributed by atoms with E-state index in [0.29, 0.717) is 10.6 Å². The average Bonchev–Trinajstić information content (AvgIpc) is 3.19. The number of furan rings is 1. The zero-order valence-electron chi connectivity index (χ0n) is 13.7. The van der Waals surface area contributed by atoms with Gasteiger partial charge in [-0.25, -0.2) is 4.79 Å². The van der Waals surface area contributed by atoms with Gasteiger partial charge in [-0.3, -0.25) is 4.79 Å². The highest BCUT2D eigenvalue weighted by molar-refractivity contribution is 7.14. The Morgan fingerprint density at radius 1 is 1.33 bits per heavy atom. The van der Waals surface area contributed by atoms with Crippen molar-refractivity contribution in [3.8, 4) is 0 Å². The van der Waals surface area contributed by atoms with E-state index < -0.39 is 5.97 Å². The van der Waals surface area contributed by atoms with Gasteiger partial charge in [0.2, 0.25) is 0 Å². The van der Waals surface area contributed by atoms with E-state index in [1.807, 2.05) is 13.0 Å². The number of amides is 1. The van der Waals surface area contributed by atoms with Gasteiger partial charge >= 0.3 is 5.97 Å². The summed E-state index contributed by atoms with van der Waals surface area (Å²) in [5.41, 5.74) is 1.26. The summed E-state index contributed by atoms with van der Waals surface area (Å²) in [5, 5.41) is 2.74. The van der Waals surface area contributed by atoms with Crippen molar-refractivity contribution in [2.75, 3.05) is 6.61 Å². The van der Waals surface area contributed by atoms with Crippen LogP contribution >= 0.6 is 11.3 Å². The summed E-state index contributed by atoms with van der Waals surface area (Å²) in [6.45, 7) is 1.53. The number of nitrogens with one attached hydrogen (secondary N) is 1.